The Labute approximate surface area is 185 Å². The molecule has 1 amide bonds. The van der Waals surface area contributed by atoms with Crippen molar-refractivity contribution in [1.82, 2.24) is 4.90 Å². The maximum absolute atomic E-state index is 13.6. The van der Waals surface area contributed by atoms with Crippen molar-refractivity contribution in [3.8, 4) is 5.75 Å². The molecule has 0 radical (unpaired) electrons. The van der Waals surface area contributed by atoms with Crippen LogP contribution < -0.4 is 9.64 Å². The number of aliphatic hydroxyl groups is 1. The number of carbonyl (C=O) groups excluding carboxylic acids is 1. The summed E-state index contributed by atoms with van der Waals surface area (Å²) in [6, 6.07) is 16.0. The van der Waals surface area contributed by atoms with Gasteiger partial charge in [0.1, 0.15) is 5.75 Å². The van der Waals surface area contributed by atoms with Crippen LogP contribution in [0.5, 0.6) is 5.75 Å². The predicted octanol–water partition coefficient (Wildman–Crippen LogP) is 4.42. The fraction of sp³-hybridized carbons (Fsp3) is 0.500. The Bertz CT molecular complexity index is 874. The first-order chi connectivity index (χ1) is 15.1. The van der Waals surface area contributed by atoms with Crippen LogP contribution in [-0.4, -0.2) is 54.3 Å². The van der Waals surface area contributed by atoms with Gasteiger partial charge in [0.25, 0.3) is 5.91 Å². The summed E-state index contributed by atoms with van der Waals surface area (Å²) in [7, 11) is 1.62. The van der Waals surface area contributed by atoms with Gasteiger partial charge in [-0.3, -0.25) is 9.69 Å². The van der Waals surface area contributed by atoms with Gasteiger partial charge in [0.2, 0.25) is 0 Å². The molecule has 1 saturated carbocycles. The Morgan fingerprint density at radius 3 is 2.42 bits per heavy atom. The average Bonchev–Trinajstić information content (AvgIpc) is 2.81. The van der Waals surface area contributed by atoms with Crippen molar-refractivity contribution in [2.45, 2.75) is 63.6 Å². The number of carbonyl (C=O) groups is 1. The molecule has 0 bridgehead atoms. The molecule has 1 N–H and O–H groups in total. The number of nitrogens with zero attached hydrogens (tertiary/aromatic N) is 2. The van der Waals surface area contributed by atoms with Gasteiger partial charge < -0.3 is 14.7 Å². The molecule has 1 aliphatic carbocycles. The Morgan fingerprint density at radius 2 is 1.74 bits per heavy atom. The number of aryl methyl sites for hydroxylation is 1. The monoisotopic (exact) mass is 422 g/mol. The second kappa shape index (κ2) is 9.84. The molecule has 1 aliphatic heterocycles. The third-order valence-electron chi connectivity index (χ3n) is 6.87. The van der Waals surface area contributed by atoms with Crippen molar-refractivity contribution in [2.24, 2.45) is 0 Å². The number of hydrogen-bond donors (Lipinski definition) is 1. The maximum Gasteiger partial charge on any atom is 0.258 e. The van der Waals surface area contributed by atoms with Gasteiger partial charge in [-0.05, 0) is 62.9 Å². The number of anilines is 1. The Morgan fingerprint density at radius 1 is 1.03 bits per heavy atom. The Kier molecular flexibility index (Phi) is 6.93. The Balaban J connectivity index is 1.55. The van der Waals surface area contributed by atoms with Gasteiger partial charge in [0.15, 0.2) is 0 Å². The number of benzene rings is 2. The summed E-state index contributed by atoms with van der Waals surface area (Å²) in [6.07, 6.45) is 5.93. The number of ether oxygens (including phenoxy) is 1. The van der Waals surface area contributed by atoms with Gasteiger partial charge in [0.05, 0.1) is 13.2 Å². The summed E-state index contributed by atoms with van der Waals surface area (Å²) in [5, 5.41) is 10.5. The van der Waals surface area contributed by atoms with E-state index in [2.05, 4.69) is 24.0 Å². The SMILES string of the molecule is COc1cccc(C(=O)N(c2ccc(C)cc2)C2CCN(C3CCCCC3O)CC2)c1. The van der Waals surface area contributed by atoms with Crippen LogP contribution >= 0.6 is 0 Å². The highest BCUT2D eigenvalue weighted by atomic mass is 16.5. The summed E-state index contributed by atoms with van der Waals surface area (Å²) in [4.78, 5) is 18.1. The van der Waals surface area contributed by atoms with Crippen molar-refractivity contribution in [3.63, 3.8) is 0 Å². The van der Waals surface area contributed by atoms with Crippen molar-refractivity contribution in [1.29, 1.82) is 0 Å². The van der Waals surface area contributed by atoms with Gasteiger partial charge in [-0.1, -0.05) is 36.6 Å². The minimum absolute atomic E-state index is 0.0129. The molecule has 0 aromatic heterocycles. The highest BCUT2D eigenvalue weighted by Gasteiger charge is 2.35. The fourth-order valence-corrected chi connectivity index (χ4v) is 5.09. The highest BCUT2D eigenvalue weighted by molar-refractivity contribution is 6.06. The first-order valence-electron chi connectivity index (χ1n) is 11.5. The van der Waals surface area contributed by atoms with E-state index in [0.29, 0.717) is 11.3 Å². The lowest BCUT2D eigenvalue weighted by atomic mass is 9.89. The lowest BCUT2D eigenvalue weighted by Gasteiger charge is -2.44. The highest BCUT2D eigenvalue weighted by Crippen LogP contribution is 2.30. The summed E-state index contributed by atoms with van der Waals surface area (Å²) in [5.74, 6) is 0.703. The number of hydrogen-bond acceptors (Lipinski definition) is 4. The largest absolute Gasteiger partial charge is 0.497 e. The lowest BCUT2D eigenvalue weighted by molar-refractivity contribution is 0.00866. The van der Waals surface area contributed by atoms with Crippen molar-refractivity contribution in [3.05, 3.63) is 59.7 Å². The third kappa shape index (κ3) is 4.94. The molecule has 2 aliphatic rings. The summed E-state index contributed by atoms with van der Waals surface area (Å²) in [5.41, 5.74) is 2.76. The average molecular weight is 423 g/mol. The van der Waals surface area contributed by atoms with Crippen LogP contribution in [0.15, 0.2) is 48.5 Å². The van der Waals surface area contributed by atoms with Crippen LogP contribution in [0.1, 0.15) is 54.4 Å². The van der Waals surface area contributed by atoms with Gasteiger partial charge >= 0.3 is 0 Å². The molecule has 2 aromatic rings. The number of piperidine rings is 1. The third-order valence-corrected chi connectivity index (χ3v) is 6.87. The number of likely N-dealkylation sites (tertiary alicyclic amines) is 1. The number of amides is 1. The van der Waals surface area contributed by atoms with Crippen LogP contribution in [0.25, 0.3) is 0 Å². The van der Waals surface area contributed by atoms with Crippen LogP contribution in [0.3, 0.4) is 0 Å². The normalized spacial score (nSPS) is 22.8. The zero-order valence-corrected chi connectivity index (χ0v) is 18.7. The quantitative estimate of drug-likeness (QED) is 0.775. The predicted molar refractivity (Wildman–Crippen MR) is 124 cm³/mol. The van der Waals surface area contributed by atoms with Crippen LogP contribution in [0, 0.1) is 6.92 Å². The number of methoxy groups -OCH3 is 1. The van der Waals surface area contributed by atoms with Crippen LogP contribution in [0.2, 0.25) is 0 Å². The molecule has 2 unspecified atom stereocenters. The molecular weight excluding hydrogens is 388 g/mol. The van der Waals surface area contributed by atoms with E-state index in [1.807, 2.05) is 41.3 Å². The standard InChI is InChI=1S/C26H34N2O3/c1-19-10-12-21(13-11-19)28(26(30)20-6-5-7-23(18-20)31-2)22-14-16-27(17-15-22)24-8-3-4-9-25(24)29/h5-7,10-13,18,22,24-25,29H,3-4,8-9,14-17H2,1-2H3. The topological polar surface area (TPSA) is 53.0 Å². The van der Waals surface area contributed by atoms with Gasteiger partial charge in [0, 0.05) is 36.4 Å². The van der Waals surface area contributed by atoms with Crippen molar-refractivity contribution >= 4 is 11.6 Å². The van der Waals surface area contributed by atoms with E-state index in [-0.39, 0.29) is 24.1 Å². The number of rotatable bonds is 5. The first-order valence-corrected chi connectivity index (χ1v) is 11.5. The van der Waals surface area contributed by atoms with Gasteiger partial charge in [-0.15, -0.1) is 0 Å². The van der Waals surface area contributed by atoms with Crippen molar-refractivity contribution in [2.75, 3.05) is 25.1 Å². The molecule has 1 heterocycles. The molecule has 0 spiro atoms. The lowest BCUT2D eigenvalue weighted by Crippen LogP contribution is -2.53. The molecule has 166 valence electrons. The number of aliphatic hydroxyl groups excluding tert-OH is 1. The van der Waals surface area contributed by atoms with E-state index in [9.17, 15) is 9.90 Å². The molecular formula is C26H34N2O3. The summed E-state index contributed by atoms with van der Waals surface area (Å²) >= 11 is 0. The second-order valence-corrected chi connectivity index (χ2v) is 8.93. The zero-order valence-electron chi connectivity index (χ0n) is 18.7. The van der Waals surface area contributed by atoms with Crippen LogP contribution in [-0.2, 0) is 0 Å². The minimum Gasteiger partial charge on any atom is -0.497 e. The maximum atomic E-state index is 13.6. The zero-order chi connectivity index (χ0) is 21.8. The first kappa shape index (κ1) is 21.8. The molecule has 1 saturated heterocycles. The van der Waals surface area contributed by atoms with E-state index in [4.69, 9.17) is 4.74 Å². The van der Waals surface area contributed by atoms with Gasteiger partial charge in [-0.2, -0.15) is 0 Å². The molecule has 2 fully saturated rings. The molecule has 2 atom stereocenters. The van der Waals surface area contributed by atoms with Crippen molar-refractivity contribution < 1.29 is 14.6 Å². The fourth-order valence-electron chi connectivity index (χ4n) is 5.09. The summed E-state index contributed by atoms with van der Waals surface area (Å²) in [6.45, 7) is 3.90. The van der Waals surface area contributed by atoms with E-state index in [1.165, 1.54) is 12.0 Å². The van der Waals surface area contributed by atoms with E-state index >= 15 is 0 Å². The Hall–Kier alpha value is -2.37. The van der Waals surface area contributed by atoms with E-state index in [1.54, 1.807) is 7.11 Å². The van der Waals surface area contributed by atoms with Gasteiger partial charge in [-0.25, -0.2) is 0 Å². The molecule has 2 aromatic carbocycles. The van der Waals surface area contributed by atoms with E-state index in [0.717, 1.165) is 50.9 Å². The second-order valence-electron chi connectivity index (χ2n) is 8.93. The minimum atomic E-state index is -0.211. The van der Waals surface area contributed by atoms with Crippen LogP contribution in [0.4, 0.5) is 5.69 Å². The summed E-state index contributed by atoms with van der Waals surface area (Å²) < 4.78 is 5.34. The molecule has 5 heteroatoms. The molecule has 4 rings (SSSR count). The smallest absolute Gasteiger partial charge is 0.258 e. The van der Waals surface area contributed by atoms with E-state index < -0.39 is 0 Å². The molecule has 31 heavy (non-hydrogen) atoms. The molecule has 5 nitrogen and oxygen atoms in total.